The number of hydrogen-bond acceptors (Lipinski definition) is 4. The van der Waals surface area contributed by atoms with Crippen molar-refractivity contribution in [3.8, 4) is 17.5 Å². The third-order valence-corrected chi connectivity index (χ3v) is 3.69. The van der Waals surface area contributed by atoms with Crippen molar-refractivity contribution in [2.24, 2.45) is 0 Å². The second-order valence-corrected chi connectivity index (χ2v) is 4.90. The molecule has 3 heterocycles. The number of pyridine rings is 3. The van der Waals surface area contributed by atoms with Gasteiger partial charge in [0, 0.05) is 47.1 Å². The Hall–Kier alpha value is -3.32. The zero-order chi connectivity index (χ0) is 14.9. The summed E-state index contributed by atoms with van der Waals surface area (Å²) in [7, 11) is 0. The molecule has 4 rings (SSSR count). The minimum absolute atomic E-state index is 0.592. The van der Waals surface area contributed by atoms with E-state index < -0.39 is 0 Å². The summed E-state index contributed by atoms with van der Waals surface area (Å²) >= 11 is 0. The van der Waals surface area contributed by atoms with Gasteiger partial charge in [-0.15, -0.1) is 0 Å². The Morgan fingerprint density at radius 2 is 1.50 bits per heavy atom. The molecule has 0 radical (unpaired) electrons. The molecule has 0 atom stereocenters. The van der Waals surface area contributed by atoms with Crippen LogP contribution >= 0.6 is 0 Å². The van der Waals surface area contributed by atoms with Gasteiger partial charge in [0.2, 0.25) is 0 Å². The lowest BCUT2D eigenvalue weighted by Gasteiger charge is -2.06. The van der Waals surface area contributed by atoms with E-state index in [0.717, 1.165) is 33.7 Å². The summed E-state index contributed by atoms with van der Waals surface area (Å²) < 4.78 is 0. The van der Waals surface area contributed by atoms with Crippen LogP contribution in [0.1, 0.15) is 16.7 Å². The summed E-state index contributed by atoms with van der Waals surface area (Å²) in [6, 6.07) is 13.8. The summed E-state index contributed by atoms with van der Waals surface area (Å²) in [5.41, 5.74) is 5.80. The molecule has 4 nitrogen and oxygen atoms in total. The number of nitriles is 1. The molecule has 0 bridgehead atoms. The van der Waals surface area contributed by atoms with Crippen LogP contribution in [0.2, 0.25) is 0 Å². The molecular weight excluding hydrogens is 272 g/mol. The third kappa shape index (κ3) is 1.73. The van der Waals surface area contributed by atoms with Crippen molar-refractivity contribution in [2.45, 2.75) is 0 Å². The molecule has 1 aliphatic carbocycles. The maximum atomic E-state index is 9.71. The van der Waals surface area contributed by atoms with E-state index >= 15 is 0 Å². The summed E-state index contributed by atoms with van der Waals surface area (Å²) in [5, 5.41) is 9.71. The van der Waals surface area contributed by atoms with E-state index in [1.165, 1.54) is 0 Å². The average molecular weight is 282 g/mol. The van der Waals surface area contributed by atoms with Crippen LogP contribution in [-0.4, -0.2) is 15.0 Å². The number of allylic oxidation sites excluding steroid dienone is 1. The predicted octanol–water partition coefficient (Wildman–Crippen LogP) is 3.33. The number of aromatic nitrogens is 3. The molecule has 22 heavy (non-hydrogen) atoms. The van der Waals surface area contributed by atoms with E-state index in [-0.39, 0.29) is 0 Å². The zero-order valence-corrected chi connectivity index (χ0v) is 11.6. The maximum Gasteiger partial charge on any atom is 0.100 e. The van der Waals surface area contributed by atoms with Gasteiger partial charge in [-0.2, -0.15) is 5.26 Å². The lowest BCUT2D eigenvalue weighted by molar-refractivity contribution is 1.26. The van der Waals surface area contributed by atoms with Gasteiger partial charge in [-0.05, 0) is 18.2 Å². The molecule has 0 aliphatic heterocycles. The minimum atomic E-state index is 0.592. The van der Waals surface area contributed by atoms with Gasteiger partial charge in [0.1, 0.15) is 6.07 Å². The van der Waals surface area contributed by atoms with E-state index in [2.05, 4.69) is 21.0 Å². The Kier molecular flexibility index (Phi) is 2.77. The van der Waals surface area contributed by atoms with Crippen LogP contribution < -0.4 is 0 Å². The monoisotopic (exact) mass is 282 g/mol. The standard InChI is InChI=1S/C18H10N4/c19-10-15(12-4-1-7-20-11-12)16-13-5-2-8-21-17(13)18-14(16)6-3-9-22-18/h1-9,11H. The Morgan fingerprint density at radius 3 is 2.05 bits per heavy atom. The molecule has 4 heteroatoms. The van der Waals surface area contributed by atoms with Crippen molar-refractivity contribution in [2.75, 3.05) is 0 Å². The van der Waals surface area contributed by atoms with Crippen molar-refractivity contribution in [1.82, 2.24) is 15.0 Å². The summed E-state index contributed by atoms with van der Waals surface area (Å²) in [4.78, 5) is 13.0. The van der Waals surface area contributed by atoms with Crippen LogP contribution in [0.4, 0.5) is 0 Å². The highest BCUT2D eigenvalue weighted by Gasteiger charge is 2.28. The number of hydrogen-bond donors (Lipinski definition) is 0. The first-order chi connectivity index (χ1) is 10.9. The van der Waals surface area contributed by atoms with Gasteiger partial charge < -0.3 is 0 Å². The summed E-state index contributed by atoms with van der Waals surface area (Å²) in [5.74, 6) is 0. The molecule has 102 valence electrons. The SMILES string of the molecule is N#CC(=C1c2cccnc2-c2ncccc21)c1cccnc1. The van der Waals surface area contributed by atoms with Gasteiger partial charge in [-0.25, -0.2) is 0 Å². The predicted molar refractivity (Wildman–Crippen MR) is 83.2 cm³/mol. The molecule has 0 N–H and O–H groups in total. The minimum Gasteiger partial charge on any atom is -0.264 e. The molecular formula is C18H10N4. The van der Waals surface area contributed by atoms with Crippen molar-refractivity contribution >= 4 is 11.1 Å². The fourth-order valence-electron chi connectivity index (χ4n) is 2.78. The lowest BCUT2D eigenvalue weighted by atomic mass is 9.95. The van der Waals surface area contributed by atoms with Gasteiger partial charge in [0.25, 0.3) is 0 Å². The normalized spacial score (nSPS) is 11.5. The molecule has 1 aliphatic rings. The quantitative estimate of drug-likeness (QED) is 0.502. The van der Waals surface area contributed by atoms with Gasteiger partial charge in [0.05, 0.1) is 17.0 Å². The van der Waals surface area contributed by atoms with Crippen LogP contribution in [0.5, 0.6) is 0 Å². The largest absolute Gasteiger partial charge is 0.264 e. The van der Waals surface area contributed by atoms with Crippen LogP contribution in [0.25, 0.3) is 22.5 Å². The maximum absolute atomic E-state index is 9.71. The Labute approximate surface area is 127 Å². The Bertz CT molecular complexity index is 889. The first kappa shape index (κ1) is 12.4. The highest BCUT2D eigenvalue weighted by atomic mass is 14.8. The number of fused-ring (bicyclic) bond motifs is 3. The van der Waals surface area contributed by atoms with E-state index in [9.17, 15) is 5.26 Å². The third-order valence-electron chi connectivity index (χ3n) is 3.69. The highest BCUT2D eigenvalue weighted by Crippen LogP contribution is 2.44. The van der Waals surface area contributed by atoms with Crippen molar-refractivity contribution < 1.29 is 0 Å². The van der Waals surface area contributed by atoms with E-state index in [0.29, 0.717) is 5.57 Å². The molecule has 0 fully saturated rings. The summed E-state index contributed by atoms with van der Waals surface area (Å²) in [6.45, 7) is 0. The first-order valence-electron chi connectivity index (χ1n) is 6.86. The first-order valence-corrected chi connectivity index (χ1v) is 6.86. The van der Waals surface area contributed by atoms with Crippen LogP contribution in [0, 0.1) is 11.3 Å². The smallest absolute Gasteiger partial charge is 0.100 e. The van der Waals surface area contributed by atoms with Gasteiger partial charge in [-0.1, -0.05) is 18.2 Å². The molecule has 0 aromatic carbocycles. The fourth-order valence-corrected chi connectivity index (χ4v) is 2.78. The van der Waals surface area contributed by atoms with Crippen molar-refractivity contribution in [3.05, 3.63) is 77.9 Å². The molecule has 0 spiro atoms. The fraction of sp³-hybridized carbons (Fsp3) is 0. The van der Waals surface area contributed by atoms with Crippen LogP contribution in [0.3, 0.4) is 0 Å². The molecule has 0 saturated carbocycles. The molecule has 0 unspecified atom stereocenters. The zero-order valence-electron chi connectivity index (χ0n) is 11.6. The van der Waals surface area contributed by atoms with Crippen molar-refractivity contribution in [3.63, 3.8) is 0 Å². The van der Waals surface area contributed by atoms with Crippen molar-refractivity contribution in [1.29, 1.82) is 5.26 Å². The summed E-state index contributed by atoms with van der Waals surface area (Å²) in [6.07, 6.45) is 6.89. The van der Waals surface area contributed by atoms with E-state index in [1.807, 2.05) is 36.4 Å². The molecule has 0 saturated heterocycles. The average Bonchev–Trinajstić information content (AvgIpc) is 2.92. The second-order valence-electron chi connectivity index (χ2n) is 4.90. The van der Waals surface area contributed by atoms with Crippen LogP contribution in [0.15, 0.2) is 61.2 Å². The second kappa shape index (κ2) is 4.90. The van der Waals surface area contributed by atoms with Crippen LogP contribution in [-0.2, 0) is 0 Å². The van der Waals surface area contributed by atoms with Gasteiger partial charge >= 0.3 is 0 Å². The van der Waals surface area contributed by atoms with E-state index in [1.54, 1.807) is 24.8 Å². The van der Waals surface area contributed by atoms with E-state index in [4.69, 9.17) is 0 Å². The Balaban J connectivity index is 2.11. The lowest BCUT2D eigenvalue weighted by Crippen LogP contribution is -1.91. The van der Waals surface area contributed by atoms with Gasteiger partial charge in [-0.3, -0.25) is 15.0 Å². The highest BCUT2D eigenvalue weighted by molar-refractivity contribution is 6.11. The Morgan fingerprint density at radius 1 is 0.864 bits per heavy atom. The molecule has 3 aromatic rings. The number of rotatable bonds is 1. The molecule has 3 aromatic heterocycles. The molecule has 0 amide bonds. The topological polar surface area (TPSA) is 62.5 Å². The number of nitrogens with zero attached hydrogens (tertiary/aromatic N) is 4. The van der Waals surface area contributed by atoms with Gasteiger partial charge in [0.15, 0.2) is 0 Å².